The molecular formula is C29H39N5O6. The fourth-order valence-electron chi connectivity index (χ4n) is 5.92. The topological polar surface area (TPSA) is 155 Å². The number of benzene rings is 1. The molecule has 8 atom stereocenters. The van der Waals surface area contributed by atoms with Gasteiger partial charge in [-0.05, 0) is 56.9 Å². The van der Waals surface area contributed by atoms with Crippen LogP contribution in [-0.2, 0) is 30.5 Å². The number of alkyl carbamates (subject to hydrolysis) is 1. The van der Waals surface area contributed by atoms with Crippen molar-refractivity contribution in [3.63, 3.8) is 0 Å². The summed E-state index contributed by atoms with van der Waals surface area (Å²) in [5, 5.41) is 14.5. The number of ether oxygens (including phenoxy) is 1. The molecule has 0 bridgehead atoms. The summed E-state index contributed by atoms with van der Waals surface area (Å²) in [5.74, 6) is -1.64. The van der Waals surface area contributed by atoms with Crippen LogP contribution in [-0.4, -0.2) is 60.9 Å². The molecule has 5 N–H and O–H groups in total. The first kappa shape index (κ1) is 27.9. The smallest absolute Gasteiger partial charge is 0.407 e. The Morgan fingerprint density at radius 2 is 1.00 bits per heavy atom. The van der Waals surface area contributed by atoms with Gasteiger partial charge in [0.2, 0.25) is 23.6 Å². The van der Waals surface area contributed by atoms with E-state index >= 15 is 0 Å². The third-order valence-electron chi connectivity index (χ3n) is 9.19. The molecular weight excluding hydrogens is 514 g/mol. The average Bonchev–Trinajstić information content (AvgIpc) is 2.88. The summed E-state index contributed by atoms with van der Waals surface area (Å²) in [6.45, 7) is 0.162. The molecule has 0 aliphatic heterocycles. The van der Waals surface area contributed by atoms with E-state index < -0.39 is 6.09 Å². The van der Waals surface area contributed by atoms with Crippen LogP contribution in [0.1, 0.15) is 56.9 Å². The van der Waals surface area contributed by atoms with Gasteiger partial charge in [0.05, 0.1) is 23.7 Å². The minimum atomic E-state index is -0.548. The molecule has 5 rings (SSSR count). The van der Waals surface area contributed by atoms with Crippen molar-refractivity contribution in [1.82, 2.24) is 26.6 Å². The molecule has 0 aromatic heterocycles. The van der Waals surface area contributed by atoms with Gasteiger partial charge in [-0.15, -0.1) is 0 Å². The van der Waals surface area contributed by atoms with E-state index in [4.69, 9.17) is 4.74 Å². The van der Waals surface area contributed by atoms with Gasteiger partial charge in [0.1, 0.15) is 6.61 Å². The second kappa shape index (κ2) is 12.3. The highest BCUT2D eigenvalue weighted by atomic mass is 16.5. The van der Waals surface area contributed by atoms with E-state index in [-0.39, 0.29) is 78.1 Å². The molecule has 1 aromatic rings. The van der Waals surface area contributed by atoms with E-state index in [9.17, 15) is 24.0 Å². The maximum atomic E-state index is 13.0. The summed E-state index contributed by atoms with van der Waals surface area (Å²) in [6.07, 6.45) is 5.18. The van der Waals surface area contributed by atoms with Gasteiger partial charge in [-0.3, -0.25) is 19.2 Å². The monoisotopic (exact) mass is 553 g/mol. The summed E-state index contributed by atoms with van der Waals surface area (Å²) in [5.41, 5.74) is 0.886. The molecule has 0 radical (unpaired) electrons. The number of rotatable bonds is 10. The van der Waals surface area contributed by atoms with Crippen molar-refractivity contribution in [2.75, 3.05) is 7.05 Å². The van der Waals surface area contributed by atoms with Crippen molar-refractivity contribution in [3.05, 3.63) is 35.9 Å². The Balaban J connectivity index is 1.03. The molecule has 4 saturated carbocycles. The van der Waals surface area contributed by atoms with Gasteiger partial charge in [0.25, 0.3) is 0 Å². The van der Waals surface area contributed by atoms with Crippen molar-refractivity contribution in [2.45, 2.75) is 82.1 Å². The molecule has 0 saturated heterocycles. The highest BCUT2D eigenvalue weighted by Crippen LogP contribution is 2.34. The van der Waals surface area contributed by atoms with Gasteiger partial charge in [0, 0.05) is 31.2 Å². The van der Waals surface area contributed by atoms with E-state index in [1.165, 1.54) is 0 Å². The van der Waals surface area contributed by atoms with Crippen molar-refractivity contribution in [3.8, 4) is 0 Å². The van der Waals surface area contributed by atoms with Gasteiger partial charge in [-0.1, -0.05) is 30.3 Å². The summed E-state index contributed by atoms with van der Waals surface area (Å²) in [4.78, 5) is 62.8. The quantitative estimate of drug-likeness (QED) is 0.293. The van der Waals surface area contributed by atoms with Crippen LogP contribution in [0.15, 0.2) is 30.3 Å². The minimum absolute atomic E-state index is 0.0555. The van der Waals surface area contributed by atoms with Crippen molar-refractivity contribution >= 4 is 29.7 Å². The van der Waals surface area contributed by atoms with Gasteiger partial charge in [0.15, 0.2) is 0 Å². The fourth-order valence-corrected chi connectivity index (χ4v) is 5.92. The largest absolute Gasteiger partial charge is 0.445 e. The molecule has 1 aromatic carbocycles. The maximum Gasteiger partial charge on any atom is 0.407 e. The third kappa shape index (κ3) is 6.08. The predicted molar refractivity (Wildman–Crippen MR) is 144 cm³/mol. The molecule has 4 aliphatic carbocycles. The average molecular weight is 554 g/mol. The van der Waals surface area contributed by atoms with Gasteiger partial charge < -0.3 is 31.3 Å². The zero-order valence-corrected chi connectivity index (χ0v) is 22.8. The van der Waals surface area contributed by atoms with Crippen LogP contribution in [0.5, 0.6) is 0 Å². The molecule has 4 fully saturated rings. The van der Waals surface area contributed by atoms with Crippen molar-refractivity contribution < 1.29 is 28.7 Å². The number of hydrogen-bond acceptors (Lipinski definition) is 6. The molecule has 0 unspecified atom stereocenters. The molecule has 0 heterocycles. The fraction of sp³-hybridized carbons (Fsp3) is 0.621. The number of carbonyl (C=O) groups is 5. The van der Waals surface area contributed by atoms with Crippen LogP contribution in [0.2, 0.25) is 0 Å². The Bertz CT molecular complexity index is 1130. The number of amides is 5. The SMILES string of the molecule is CNC(=O)[C@H]1CC[C@@H]1NC(=O)[C@@H]1CC[C@@H]1NC(=O)[C@@H]1CC[C@@H]1NC(=O)[C@@H]1CC[C@@H]1NC(=O)OCc1ccccc1. The molecule has 216 valence electrons. The Kier molecular flexibility index (Phi) is 8.56. The standard InChI is InChI=1S/C29H39N5O6/c1-30-25(35)17-7-11-21(17)31-26(36)18-8-12-22(18)32-27(37)19-9-13-23(19)33-28(38)20-10-14-24(20)34-29(39)40-15-16-5-3-2-4-6-16/h2-6,17-24H,7-15H2,1H3,(H,30,35)(H,31,36)(H,32,37)(H,33,38)(H,34,39)/t17-,18+,19+,20+,21-,22-,23-,24-/m0/s1. The first-order valence-corrected chi connectivity index (χ1v) is 14.4. The lowest BCUT2D eigenvalue weighted by atomic mass is 9.74. The molecule has 4 aliphatic rings. The van der Waals surface area contributed by atoms with Crippen LogP contribution < -0.4 is 26.6 Å². The normalized spacial score (nSPS) is 31.9. The Morgan fingerprint density at radius 3 is 1.38 bits per heavy atom. The summed E-state index contributed by atoms with van der Waals surface area (Å²) < 4.78 is 5.27. The third-order valence-corrected chi connectivity index (χ3v) is 9.19. The van der Waals surface area contributed by atoms with E-state index in [1.54, 1.807) is 7.05 Å². The van der Waals surface area contributed by atoms with Crippen LogP contribution in [0.3, 0.4) is 0 Å². The van der Waals surface area contributed by atoms with E-state index in [0.717, 1.165) is 24.8 Å². The lowest BCUT2D eigenvalue weighted by molar-refractivity contribution is -0.136. The second-order valence-electron chi connectivity index (χ2n) is 11.5. The zero-order valence-electron chi connectivity index (χ0n) is 22.8. The number of hydrogen-bond donors (Lipinski definition) is 5. The first-order valence-electron chi connectivity index (χ1n) is 14.4. The first-order chi connectivity index (χ1) is 19.3. The lowest BCUT2D eigenvalue weighted by Crippen LogP contribution is -2.61. The minimum Gasteiger partial charge on any atom is -0.445 e. The highest BCUT2D eigenvalue weighted by Gasteiger charge is 2.46. The van der Waals surface area contributed by atoms with Crippen LogP contribution in [0.4, 0.5) is 4.79 Å². The Hall–Kier alpha value is -3.63. The van der Waals surface area contributed by atoms with Gasteiger partial charge >= 0.3 is 6.09 Å². The Labute approximate surface area is 233 Å². The molecule has 11 heteroatoms. The summed E-state index contributed by atoms with van der Waals surface area (Å²) in [7, 11) is 1.60. The summed E-state index contributed by atoms with van der Waals surface area (Å²) in [6, 6.07) is 8.46. The van der Waals surface area contributed by atoms with Crippen molar-refractivity contribution in [1.29, 1.82) is 0 Å². The maximum absolute atomic E-state index is 13.0. The van der Waals surface area contributed by atoms with Gasteiger partial charge in [-0.25, -0.2) is 4.79 Å². The van der Waals surface area contributed by atoms with Gasteiger partial charge in [-0.2, -0.15) is 0 Å². The molecule has 0 spiro atoms. The predicted octanol–water partition coefficient (Wildman–Crippen LogP) is 1.12. The van der Waals surface area contributed by atoms with E-state index in [1.807, 2.05) is 30.3 Å². The van der Waals surface area contributed by atoms with Crippen LogP contribution in [0.25, 0.3) is 0 Å². The second-order valence-corrected chi connectivity index (χ2v) is 11.5. The van der Waals surface area contributed by atoms with E-state index in [0.29, 0.717) is 32.1 Å². The van der Waals surface area contributed by atoms with Crippen LogP contribution in [0, 0.1) is 23.7 Å². The van der Waals surface area contributed by atoms with Crippen LogP contribution >= 0.6 is 0 Å². The highest BCUT2D eigenvalue weighted by molar-refractivity contribution is 5.87. The number of carbonyl (C=O) groups excluding carboxylic acids is 5. The number of nitrogens with one attached hydrogen (secondary N) is 5. The zero-order chi connectivity index (χ0) is 28.2. The molecule has 11 nitrogen and oxygen atoms in total. The Morgan fingerprint density at radius 1 is 0.600 bits per heavy atom. The molecule has 5 amide bonds. The lowest BCUT2D eigenvalue weighted by Gasteiger charge is -2.43. The molecule has 40 heavy (non-hydrogen) atoms. The van der Waals surface area contributed by atoms with E-state index in [2.05, 4.69) is 26.6 Å². The van der Waals surface area contributed by atoms with Crippen molar-refractivity contribution in [2.24, 2.45) is 23.7 Å². The summed E-state index contributed by atoms with van der Waals surface area (Å²) >= 11 is 0.